The second kappa shape index (κ2) is 6.30. The average molecular weight is 248 g/mol. The van der Waals surface area contributed by atoms with E-state index in [2.05, 4.69) is 11.9 Å². The van der Waals surface area contributed by atoms with Gasteiger partial charge < -0.3 is 10.5 Å². The second-order valence-corrected chi connectivity index (χ2v) is 5.60. The molecule has 0 amide bonds. The summed E-state index contributed by atoms with van der Waals surface area (Å²) in [6.45, 7) is 4.31. The predicted octanol–water partition coefficient (Wildman–Crippen LogP) is 3.07. The van der Waals surface area contributed by atoms with Crippen LogP contribution in [0.1, 0.15) is 51.2 Å². The highest BCUT2D eigenvalue weighted by Crippen LogP contribution is 2.30. The zero-order valence-corrected chi connectivity index (χ0v) is 11.4. The first-order valence-electron chi connectivity index (χ1n) is 6.97. The lowest BCUT2D eigenvalue weighted by Gasteiger charge is -2.32. The van der Waals surface area contributed by atoms with Gasteiger partial charge in [-0.25, -0.2) is 0 Å². The van der Waals surface area contributed by atoms with Crippen LogP contribution in [0.25, 0.3) is 0 Å². The van der Waals surface area contributed by atoms with Gasteiger partial charge in [0.25, 0.3) is 0 Å². The van der Waals surface area contributed by atoms with Crippen LogP contribution in [0.3, 0.4) is 0 Å². The highest BCUT2D eigenvalue weighted by molar-refractivity contribution is 5.14. The topological polar surface area (TPSA) is 48.1 Å². The van der Waals surface area contributed by atoms with Crippen LogP contribution >= 0.6 is 0 Å². The van der Waals surface area contributed by atoms with Crippen molar-refractivity contribution in [3.05, 3.63) is 30.1 Å². The quantitative estimate of drug-likeness (QED) is 0.890. The average Bonchev–Trinajstić information content (AvgIpc) is 2.37. The number of aromatic nitrogens is 1. The smallest absolute Gasteiger partial charge is 0.0991 e. The van der Waals surface area contributed by atoms with E-state index in [1.165, 1.54) is 12.8 Å². The maximum Gasteiger partial charge on any atom is 0.0991 e. The van der Waals surface area contributed by atoms with Crippen LogP contribution in [-0.2, 0) is 4.74 Å². The number of hydrogen-bond acceptors (Lipinski definition) is 3. The van der Waals surface area contributed by atoms with E-state index < -0.39 is 0 Å². The summed E-state index contributed by atoms with van der Waals surface area (Å²) >= 11 is 0. The van der Waals surface area contributed by atoms with Crippen molar-refractivity contribution < 1.29 is 4.74 Å². The van der Waals surface area contributed by atoms with E-state index in [4.69, 9.17) is 10.5 Å². The maximum atomic E-state index is 6.24. The van der Waals surface area contributed by atoms with E-state index in [0.29, 0.717) is 6.10 Å². The van der Waals surface area contributed by atoms with Gasteiger partial charge in [0, 0.05) is 24.0 Å². The predicted molar refractivity (Wildman–Crippen MR) is 73.1 cm³/mol. The molecule has 3 nitrogen and oxygen atoms in total. The summed E-state index contributed by atoms with van der Waals surface area (Å²) in [7, 11) is 0. The van der Waals surface area contributed by atoms with E-state index >= 15 is 0 Å². The number of nitrogens with zero attached hydrogens (tertiary/aromatic N) is 1. The van der Waals surface area contributed by atoms with Crippen molar-refractivity contribution in [1.29, 1.82) is 0 Å². The Hall–Kier alpha value is -0.930. The van der Waals surface area contributed by atoms with Gasteiger partial charge in [-0.05, 0) is 31.7 Å². The fourth-order valence-electron chi connectivity index (χ4n) is 2.76. The van der Waals surface area contributed by atoms with Crippen molar-refractivity contribution in [2.45, 2.75) is 57.8 Å². The Morgan fingerprint density at radius 3 is 2.89 bits per heavy atom. The monoisotopic (exact) mass is 248 g/mol. The molecule has 0 bridgehead atoms. The zero-order valence-electron chi connectivity index (χ0n) is 11.4. The van der Waals surface area contributed by atoms with Crippen LogP contribution in [-0.4, -0.2) is 17.1 Å². The summed E-state index contributed by atoms with van der Waals surface area (Å²) in [5, 5.41) is 0. The molecular weight excluding hydrogens is 224 g/mol. The first kappa shape index (κ1) is 13.5. The van der Waals surface area contributed by atoms with Crippen molar-refractivity contribution in [2.24, 2.45) is 11.7 Å². The fraction of sp³-hybridized carbons (Fsp3) is 0.667. The van der Waals surface area contributed by atoms with Gasteiger partial charge in [0.15, 0.2) is 0 Å². The van der Waals surface area contributed by atoms with E-state index in [0.717, 1.165) is 24.3 Å². The fourth-order valence-corrected chi connectivity index (χ4v) is 2.76. The number of ether oxygens (including phenoxy) is 1. The molecule has 1 saturated carbocycles. The molecule has 0 aromatic carbocycles. The van der Waals surface area contributed by atoms with Gasteiger partial charge in [0.05, 0.1) is 12.2 Å². The largest absolute Gasteiger partial charge is 0.369 e. The minimum absolute atomic E-state index is 0.00793. The molecule has 4 unspecified atom stereocenters. The molecule has 1 aliphatic rings. The molecule has 1 aromatic rings. The molecule has 4 atom stereocenters. The lowest BCUT2D eigenvalue weighted by Crippen LogP contribution is -2.32. The highest BCUT2D eigenvalue weighted by Gasteiger charge is 2.25. The number of nitrogens with two attached hydrogens (primary N) is 1. The number of pyridine rings is 1. The summed E-state index contributed by atoms with van der Waals surface area (Å²) in [4.78, 5) is 4.16. The first-order chi connectivity index (χ1) is 8.66. The molecule has 0 aliphatic heterocycles. The van der Waals surface area contributed by atoms with Crippen LogP contribution < -0.4 is 5.73 Å². The summed E-state index contributed by atoms with van der Waals surface area (Å²) in [6.07, 6.45) is 8.88. The van der Waals surface area contributed by atoms with Crippen molar-refractivity contribution in [1.82, 2.24) is 4.98 Å². The molecule has 3 heteroatoms. The van der Waals surface area contributed by atoms with Crippen molar-refractivity contribution in [3.8, 4) is 0 Å². The minimum Gasteiger partial charge on any atom is -0.369 e. The lowest BCUT2D eigenvalue weighted by atomic mass is 9.88. The van der Waals surface area contributed by atoms with E-state index in [1.54, 1.807) is 6.20 Å². The minimum atomic E-state index is -0.0333. The molecule has 2 N–H and O–H groups in total. The van der Waals surface area contributed by atoms with Gasteiger partial charge in [0.2, 0.25) is 0 Å². The van der Waals surface area contributed by atoms with Gasteiger partial charge >= 0.3 is 0 Å². The first-order valence-corrected chi connectivity index (χ1v) is 6.97. The highest BCUT2D eigenvalue weighted by atomic mass is 16.5. The number of hydrogen-bond donors (Lipinski definition) is 1. The molecule has 18 heavy (non-hydrogen) atoms. The third-order valence-electron chi connectivity index (χ3n) is 3.72. The van der Waals surface area contributed by atoms with E-state index in [-0.39, 0.29) is 12.1 Å². The normalized spacial score (nSPS) is 27.7. The molecule has 1 aliphatic carbocycles. The maximum absolute atomic E-state index is 6.24. The molecule has 0 saturated heterocycles. The molecular formula is C15H24N2O. The Morgan fingerprint density at radius 2 is 2.28 bits per heavy atom. The summed E-state index contributed by atoms with van der Waals surface area (Å²) in [5.74, 6) is 0.770. The van der Waals surface area contributed by atoms with E-state index in [9.17, 15) is 0 Å². The Kier molecular flexibility index (Phi) is 4.72. The Morgan fingerprint density at radius 1 is 1.44 bits per heavy atom. The van der Waals surface area contributed by atoms with Gasteiger partial charge in [-0.15, -0.1) is 0 Å². The molecule has 0 radical (unpaired) electrons. The third kappa shape index (κ3) is 3.53. The Balaban J connectivity index is 2.03. The van der Waals surface area contributed by atoms with Gasteiger partial charge in [-0.2, -0.15) is 0 Å². The SMILES string of the molecule is CC1CCCC(OC(c2cccnc2)C(C)N)C1. The summed E-state index contributed by atoms with van der Waals surface area (Å²) in [6, 6.07) is 3.98. The Labute approximate surface area is 110 Å². The molecule has 1 heterocycles. The van der Waals surface area contributed by atoms with Gasteiger partial charge in [0.1, 0.15) is 0 Å². The van der Waals surface area contributed by atoms with Crippen molar-refractivity contribution in [2.75, 3.05) is 0 Å². The van der Waals surface area contributed by atoms with Crippen LogP contribution in [0.2, 0.25) is 0 Å². The summed E-state index contributed by atoms with van der Waals surface area (Å²) in [5.41, 5.74) is 7.16. The second-order valence-electron chi connectivity index (χ2n) is 5.60. The van der Waals surface area contributed by atoms with Gasteiger partial charge in [-0.3, -0.25) is 4.98 Å². The third-order valence-corrected chi connectivity index (χ3v) is 3.72. The molecule has 0 spiro atoms. The molecule has 100 valence electrons. The number of rotatable bonds is 4. The Bertz CT molecular complexity index is 353. The van der Waals surface area contributed by atoms with Crippen LogP contribution in [0.4, 0.5) is 0 Å². The van der Waals surface area contributed by atoms with Crippen molar-refractivity contribution >= 4 is 0 Å². The van der Waals surface area contributed by atoms with Crippen molar-refractivity contribution in [3.63, 3.8) is 0 Å². The summed E-state index contributed by atoms with van der Waals surface area (Å²) < 4.78 is 6.24. The van der Waals surface area contributed by atoms with Crippen LogP contribution in [0.15, 0.2) is 24.5 Å². The van der Waals surface area contributed by atoms with E-state index in [1.807, 2.05) is 25.3 Å². The van der Waals surface area contributed by atoms with Gasteiger partial charge in [-0.1, -0.05) is 25.8 Å². The molecule has 1 fully saturated rings. The standard InChI is InChI=1S/C15H24N2O/c1-11-5-3-7-14(9-11)18-15(12(2)16)13-6-4-8-17-10-13/h4,6,8,10-12,14-15H,3,5,7,9,16H2,1-2H3. The lowest BCUT2D eigenvalue weighted by molar-refractivity contribution is -0.0491. The molecule has 1 aromatic heterocycles. The van der Waals surface area contributed by atoms with Crippen LogP contribution in [0.5, 0.6) is 0 Å². The van der Waals surface area contributed by atoms with Crippen LogP contribution in [0, 0.1) is 5.92 Å². The molecule has 2 rings (SSSR count). The zero-order chi connectivity index (χ0) is 13.0.